The number of furan rings is 1. The lowest BCUT2D eigenvalue weighted by atomic mass is 10.2. The molecule has 0 N–H and O–H groups in total. The van der Waals surface area contributed by atoms with Crippen molar-refractivity contribution in [1.82, 2.24) is 4.57 Å². The van der Waals surface area contributed by atoms with E-state index in [1.165, 1.54) is 11.3 Å². The van der Waals surface area contributed by atoms with E-state index in [0.717, 1.165) is 21.4 Å². The topological polar surface area (TPSA) is 66.0 Å². The van der Waals surface area contributed by atoms with Gasteiger partial charge < -0.3 is 18.5 Å². The molecule has 1 amide bonds. The van der Waals surface area contributed by atoms with Gasteiger partial charge in [0, 0.05) is 5.39 Å². The molecule has 0 radical (unpaired) electrons. The van der Waals surface area contributed by atoms with E-state index in [0.29, 0.717) is 22.7 Å². The zero-order valence-corrected chi connectivity index (χ0v) is 16.1. The van der Waals surface area contributed by atoms with Gasteiger partial charge in [-0.1, -0.05) is 29.4 Å². The number of fused-ring (bicyclic) bond motifs is 2. The van der Waals surface area contributed by atoms with E-state index >= 15 is 0 Å². The van der Waals surface area contributed by atoms with Crippen molar-refractivity contribution in [3.05, 3.63) is 53.0 Å². The summed E-state index contributed by atoms with van der Waals surface area (Å²) >= 11 is 1.36. The number of aromatic nitrogens is 1. The molecule has 140 valence electrons. The molecule has 0 atom stereocenters. The number of hydrogen-bond acceptors (Lipinski definition) is 5. The van der Waals surface area contributed by atoms with E-state index in [4.69, 9.17) is 20.3 Å². The average molecular weight is 392 g/mol. The summed E-state index contributed by atoms with van der Waals surface area (Å²) in [6.45, 7) is 0.298. The highest BCUT2D eigenvalue weighted by atomic mass is 32.1. The predicted molar refractivity (Wildman–Crippen MR) is 108 cm³/mol. The Morgan fingerprint density at radius 1 is 1.25 bits per heavy atom. The molecular weight excluding hydrogens is 376 g/mol. The molecule has 4 aromatic rings. The normalized spacial score (nSPS) is 11.7. The molecule has 0 aliphatic carbocycles. The van der Waals surface area contributed by atoms with Gasteiger partial charge in [0.05, 0.1) is 31.0 Å². The molecule has 0 aliphatic rings. The number of benzene rings is 2. The SMILES string of the molecule is C#CCn1c(=NC(=O)c2cc3cccc(OC)c3o2)sc2cc(OC)ccc21. The molecule has 2 heterocycles. The van der Waals surface area contributed by atoms with Crippen molar-refractivity contribution in [3.8, 4) is 23.8 Å². The third-order valence-electron chi connectivity index (χ3n) is 4.28. The van der Waals surface area contributed by atoms with Crippen LogP contribution in [0, 0.1) is 12.3 Å². The molecule has 0 unspecified atom stereocenters. The van der Waals surface area contributed by atoms with Gasteiger partial charge in [-0.15, -0.1) is 6.42 Å². The molecule has 7 heteroatoms. The van der Waals surface area contributed by atoms with Gasteiger partial charge in [0.25, 0.3) is 0 Å². The number of carbonyl (C=O) groups is 1. The van der Waals surface area contributed by atoms with Crippen molar-refractivity contribution in [2.24, 2.45) is 4.99 Å². The first-order valence-electron chi connectivity index (χ1n) is 8.41. The minimum absolute atomic E-state index is 0.141. The van der Waals surface area contributed by atoms with Crippen molar-refractivity contribution in [2.45, 2.75) is 6.54 Å². The molecule has 0 spiro atoms. The van der Waals surface area contributed by atoms with Gasteiger partial charge in [-0.25, -0.2) is 0 Å². The van der Waals surface area contributed by atoms with Crippen LogP contribution in [0.2, 0.25) is 0 Å². The number of amides is 1. The fourth-order valence-corrected chi connectivity index (χ4v) is 4.01. The second-order valence-corrected chi connectivity index (χ2v) is 6.92. The van der Waals surface area contributed by atoms with E-state index in [9.17, 15) is 4.79 Å². The number of thiazole rings is 1. The lowest BCUT2D eigenvalue weighted by molar-refractivity contribution is 0.0973. The van der Waals surface area contributed by atoms with Crippen LogP contribution < -0.4 is 14.3 Å². The number of terminal acetylenes is 1. The van der Waals surface area contributed by atoms with Crippen LogP contribution >= 0.6 is 11.3 Å². The largest absolute Gasteiger partial charge is 0.497 e. The fraction of sp³-hybridized carbons (Fsp3) is 0.143. The monoisotopic (exact) mass is 392 g/mol. The summed E-state index contributed by atoms with van der Waals surface area (Å²) in [5.74, 6) is 3.55. The van der Waals surface area contributed by atoms with Crippen molar-refractivity contribution in [1.29, 1.82) is 0 Å². The van der Waals surface area contributed by atoms with Gasteiger partial charge in [-0.05, 0) is 30.3 Å². The Bertz CT molecular complexity index is 1300. The summed E-state index contributed by atoms with van der Waals surface area (Å²) in [7, 11) is 3.16. The van der Waals surface area contributed by atoms with E-state index in [1.54, 1.807) is 26.4 Å². The maximum absolute atomic E-state index is 12.8. The molecular formula is C21H16N2O4S. The number of rotatable bonds is 4. The minimum Gasteiger partial charge on any atom is -0.497 e. The number of ether oxygens (including phenoxy) is 2. The van der Waals surface area contributed by atoms with E-state index < -0.39 is 5.91 Å². The Hall–Kier alpha value is -3.50. The Morgan fingerprint density at radius 2 is 2.11 bits per heavy atom. The van der Waals surface area contributed by atoms with E-state index in [2.05, 4.69) is 10.9 Å². The zero-order valence-electron chi connectivity index (χ0n) is 15.3. The molecule has 0 aliphatic heterocycles. The Balaban J connectivity index is 1.84. The summed E-state index contributed by atoms with van der Waals surface area (Å²) in [4.78, 5) is 17.5. The van der Waals surface area contributed by atoms with Gasteiger partial charge in [-0.3, -0.25) is 4.79 Å². The highest BCUT2D eigenvalue weighted by Gasteiger charge is 2.15. The number of para-hydroxylation sites is 1. The van der Waals surface area contributed by atoms with Crippen LogP contribution in [0.1, 0.15) is 10.6 Å². The van der Waals surface area contributed by atoms with Crippen LogP contribution in [0.25, 0.3) is 21.2 Å². The molecule has 2 aromatic heterocycles. The highest BCUT2D eigenvalue weighted by Crippen LogP contribution is 2.29. The van der Waals surface area contributed by atoms with Gasteiger partial charge in [0.1, 0.15) is 5.75 Å². The Kier molecular flexibility index (Phi) is 4.63. The zero-order chi connectivity index (χ0) is 19.7. The minimum atomic E-state index is -0.484. The maximum Gasteiger partial charge on any atom is 0.315 e. The molecule has 6 nitrogen and oxygen atoms in total. The van der Waals surface area contributed by atoms with Gasteiger partial charge in [0.15, 0.2) is 21.9 Å². The first kappa shape index (κ1) is 17.9. The van der Waals surface area contributed by atoms with Crippen molar-refractivity contribution >= 4 is 38.4 Å². The third-order valence-corrected chi connectivity index (χ3v) is 5.32. The molecule has 4 rings (SSSR count). The molecule has 0 fully saturated rings. The van der Waals surface area contributed by atoms with Crippen molar-refractivity contribution < 1.29 is 18.7 Å². The molecule has 0 saturated heterocycles. The van der Waals surface area contributed by atoms with Crippen molar-refractivity contribution in [3.63, 3.8) is 0 Å². The smallest absolute Gasteiger partial charge is 0.315 e. The third kappa shape index (κ3) is 3.04. The Morgan fingerprint density at radius 3 is 2.86 bits per heavy atom. The highest BCUT2D eigenvalue weighted by molar-refractivity contribution is 7.16. The first-order valence-corrected chi connectivity index (χ1v) is 9.22. The summed E-state index contributed by atoms with van der Waals surface area (Å²) in [6.07, 6.45) is 5.51. The Labute approximate surface area is 164 Å². The van der Waals surface area contributed by atoms with Crippen molar-refractivity contribution in [2.75, 3.05) is 14.2 Å². The summed E-state index contributed by atoms with van der Waals surface area (Å²) in [5, 5.41) is 0.774. The average Bonchev–Trinajstić information content (AvgIpc) is 3.29. The lowest BCUT2D eigenvalue weighted by Gasteiger charge is -2.01. The van der Waals surface area contributed by atoms with Crippen LogP contribution in [0.5, 0.6) is 11.5 Å². The predicted octanol–water partition coefficient (Wildman–Crippen LogP) is 3.84. The van der Waals surface area contributed by atoms with Crippen LogP contribution in [0.4, 0.5) is 0 Å². The van der Waals surface area contributed by atoms with Gasteiger partial charge >= 0.3 is 5.91 Å². The van der Waals surface area contributed by atoms with Gasteiger partial charge in [0.2, 0.25) is 0 Å². The number of nitrogens with zero attached hydrogens (tertiary/aromatic N) is 2. The quantitative estimate of drug-likeness (QED) is 0.495. The molecule has 0 saturated carbocycles. The summed E-state index contributed by atoms with van der Waals surface area (Å²) < 4.78 is 19.0. The molecule has 0 bridgehead atoms. The number of carbonyl (C=O) groups excluding carboxylic acids is 1. The van der Waals surface area contributed by atoms with Crippen LogP contribution in [0.15, 0.2) is 51.9 Å². The van der Waals surface area contributed by atoms with Crippen LogP contribution in [0.3, 0.4) is 0 Å². The molecule has 2 aromatic carbocycles. The number of methoxy groups -OCH3 is 2. The van der Waals surface area contributed by atoms with Gasteiger partial charge in [-0.2, -0.15) is 4.99 Å². The first-order chi connectivity index (χ1) is 13.6. The van der Waals surface area contributed by atoms with Crippen LogP contribution in [-0.4, -0.2) is 24.7 Å². The number of hydrogen-bond donors (Lipinski definition) is 0. The fourth-order valence-electron chi connectivity index (χ4n) is 2.95. The van der Waals surface area contributed by atoms with E-state index in [-0.39, 0.29) is 5.76 Å². The summed E-state index contributed by atoms with van der Waals surface area (Å²) in [5.41, 5.74) is 1.41. The van der Waals surface area contributed by atoms with Crippen LogP contribution in [-0.2, 0) is 6.54 Å². The van der Waals surface area contributed by atoms with E-state index in [1.807, 2.05) is 34.9 Å². The lowest BCUT2D eigenvalue weighted by Crippen LogP contribution is -2.16. The standard InChI is InChI=1S/C21H16N2O4S/c1-4-10-23-15-9-8-14(25-2)12-18(15)28-21(23)22-20(24)17-11-13-6-5-7-16(26-3)19(13)27-17/h1,5-9,11-12H,10H2,2-3H3. The maximum atomic E-state index is 12.8. The molecule has 28 heavy (non-hydrogen) atoms. The summed E-state index contributed by atoms with van der Waals surface area (Å²) in [6, 6.07) is 12.8. The second-order valence-electron chi connectivity index (χ2n) is 5.91. The second kappa shape index (κ2) is 7.25.